The second kappa shape index (κ2) is 6.65. The minimum atomic E-state index is -3.56. The highest BCUT2D eigenvalue weighted by Gasteiger charge is 2.36. The number of thioether (sulfide) groups is 1. The molecule has 1 fully saturated rings. The molecule has 0 N–H and O–H groups in total. The first kappa shape index (κ1) is 16.9. The highest BCUT2D eigenvalue weighted by molar-refractivity contribution is 8.01. The van der Waals surface area contributed by atoms with Gasteiger partial charge in [0.2, 0.25) is 10.0 Å². The zero-order valence-corrected chi connectivity index (χ0v) is 15.7. The molecular weight excluding hydrogens is 374 g/mol. The highest BCUT2D eigenvalue weighted by atomic mass is 35.5. The Morgan fingerprint density at radius 2 is 1.68 bits per heavy atom. The molecule has 1 aliphatic heterocycles. The molecule has 25 heavy (non-hydrogen) atoms. The number of hydrogen-bond acceptors (Lipinski definition) is 3. The van der Waals surface area contributed by atoms with Gasteiger partial charge in [-0.1, -0.05) is 54.1 Å². The summed E-state index contributed by atoms with van der Waals surface area (Å²) in [5, 5.41) is 2.40. The van der Waals surface area contributed by atoms with Crippen LogP contribution < -0.4 is 0 Å². The summed E-state index contributed by atoms with van der Waals surface area (Å²) < 4.78 is 28.0. The molecule has 0 aliphatic carbocycles. The molecule has 0 radical (unpaired) electrons. The van der Waals surface area contributed by atoms with Crippen LogP contribution in [0.4, 0.5) is 0 Å². The Bertz CT molecular complexity index is 1020. The van der Waals surface area contributed by atoms with Gasteiger partial charge in [0.1, 0.15) is 0 Å². The third kappa shape index (κ3) is 3.17. The van der Waals surface area contributed by atoms with E-state index in [1.807, 2.05) is 42.5 Å². The van der Waals surface area contributed by atoms with Gasteiger partial charge in [0.05, 0.1) is 10.3 Å². The van der Waals surface area contributed by atoms with E-state index in [1.54, 1.807) is 40.3 Å². The molecule has 0 bridgehead atoms. The third-order valence-corrected chi connectivity index (χ3v) is 7.84. The van der Waals surface area contributed by atoms with Crippen molar-refractivity contribution in [3.63, 3.8) is 0 Å². The van der Waals surface area contributed by atoms with E-state index in [1.165, 1.54) is 0 Å². The van der Waals surface area contributed by atoms with Crippen LogP contribution in [0, 0.1) is 0 Å². The van der Waals surface area contributed by atoms with E-state index in [2.05, 4.69) is 0 Å². The Kier molecular flexibility index (Phi) is 4.50. The van der Waals surface area contributed by atoms with Crippen LogP contribution in [0.1, 0.15) is 10.9 Å². The van der Waals surface area contributed by atoms with Crippen molar-refractivity contribution in [3.05, 3.63) is 77.3 Å². The molecule has 0 unspecified atom stereocenters. The van der Waals surface area contributed by atoms with E-state index in [9.17, 15) is 8.42 Å². The van der Waals surface area contributed by atoms with Crippen LogP contribution in [-0.4, -0.2) is 25.0 Å². The fourth-order valence-electron chi connectivity index (χ4n) is 3.05. The van der Waals surface area contributed by atoms with Crippen molar-refractivity contribution in [3.8, 4) is 0 Å². The van der Waals surface area contributed by atoms with Gasteiger partial charge in [0, 0.05) is 17.3 Å². The maximum absolute atomic E-state index is 13.2. The molecule has 3 aromatic carbocycles. The predicted molar refractivity (Wildman–Crippen MR) is 104 cm³/mol. The number of nitrogens with zero attached hydrogens (tertiary/aromatic N) is 1. The van der Waals surface area contributed by atoms with E-state index < -0.39 is 10.0 Å². The SMILES string of the molecule is O=S(=O)(c1ccc2ccccc2c1)N1CCS[C@H]1c1ccc(Cl)cc1. The van der Waals surface area contributed by atoms with Gasteiger partial charge in [0.15, 0.2) is 0 Å². The molecule has 128 valence electrons. The van der Waals surface area contributed by atoms with Gasteiger partial charge in [-0.05, 0) is 40.6 Å². The summed E-state index contributed by atoms with van der Waals surface area (Å²) >= 11 is 7.60. The van der Waals surface area contributed by atoms with Gasteiger partial charge in [-0.15, -0.1) is 11.8 Å². The number of fused-ring (bicyclic) bond motifs is 1. The molecule has 1 saturated heterocycles. The Hall–Kier alpha value is -1.53. The van der Waals surface area contributed by atoms with Crippen molar-refractivity contribution in [2.45, 2.75) is 10.3 Å². The summed E-state index contributed by atoms with van der Waals surface area (Å²) in [7, 11) is -3.56. The van der Waals surface area contributed by atoms with Crippen LogP contribution in [0.2, 0.25) is 5.02 Å². The maximum atomic E-state index is 13.2. The van der Waals surface area contributed by atoms with Gasteiger partial charge in [0.25, 0.3) is 0 Å². The molecule has 1 aliphatic rings. The zero-order chi connectivity index (χ0) is 17.4. The average molecular weight is 390 g/mol. The van der Waals surface area contributed by atoms with Crippen LogP contribution in [0.5, 0.6) is 0 Å². The Balaban J connectivity index is 1.73. The lowest BCUT2D eigenvalue weighted by Gasteiger charge is -2.23. The Morgan fingerprint density at radius 1 is 0.960 bits per heavy atom. The lowest BCUT2D eigenvalue weighted by Crippen LogP contribution is -2.30. The van der Waals surface area contributed by atoms with Crippen molar-refractivity contribution >= 4 is 44.2 Å². The standard InChI is InChI=1S/C19H16ClNO2S2/c20-17-8-5-15(6-9-17)19-21(11-12-24-19)25(22,23)18-10-7-14-3-1-2-4-16(14)13-18/h1-10,13,19H,11-12H2/t19-/m0/s1. The first-order valence-corrected chi connectivity index (χ1v) is 10.8. The molecule has 1 atom stereocenters. The second-order valence-electron chi connectivity index (χ2n) is 5.90. The lowest BCUT2D eigenvalue weighted by molar-refractivity contribution is 0.434. The van der Waals surface area contributed by atoms with Gasteiger partial charge in [-0.2, -0.15) is 4.31 Å². The summed E-state index contributed by atoms with van der Waals surface area (Å²) in [6.07, 6.45) is 0. The highest BCUT2D eigenvalue weighted by Crippen LogP contribution is 2.41. The normalized spacial score (nSPS) is 18.7. The van der Waals surface area contributed by atoms with Crippen LogP contribution in [-0.2, 0) is 10.0 Å². The Morgan fingerprint density at radius 3 is 2.44 bits per heavy atom. The molecule has 3 nitrogen and oxygen atoms in total. The Labute approximate surface area is 156 Å². The van der Waals surface area contributed by atoms with Gasteiger partial charge in [-0.3, -0.25) is 0 Å². The van der Waals surface area contributed by atoms with Crippen LogP contribution in [0.25, 0.3) is 10.8 Å². The largest absolute Gasteiger partial charge is 0.244 e. The van der Waals surface area contributed by atoms with Crippen LogP contribution in [0.3, 0.4) is 0 Å². The number of hydrogen-bond donors (Lipinski definition) is 0. The van der Waals surface area contributed by atoms with E-state index in [0.29, 0.717) is 16.5 Å². The van der Waals surface area contributed by atoms with E-state index in [4.69, 9.17) is 11.6 Å². The summed E-state index contributed by atoms with van der Waals surface area (Å²) in [4.78, 5) is 0.340. The van der Waals surface area contributed by atoms with Crippen molar-refractivity contribution in [1.82, 2.24) is 4.31 Å². The molecule has 0 saturated carbocycles. The summed E-state index contributed by atoms with van der Waals surface area (Å²) in [6, 6.07) is 20.5. The third-order valence-electron chi connectivity index (χ3n) is 4.33. The fraction of sp³-hybridized carbons (Fsp3) is 0.158. The molecular formula is C19H16ClNO2S2. The molecule has 4 rings (SSSR count). The summed E-state index contributed by atoms with van der Waals surface area (Å²) in [5.41, 5.74) is 0.955. The lowest BCUT2D eigenvalue weighted by atomic mass is 10.1. The van der Waals surface area contributed by atoms with Crippen LogP contribution >= 0.6 is 23.4 Å². The molecule has 3 aromatic rings. The minimum absolute atomic E-state index is 0.214. The molecule has 0 aromatic heterocycles. The second-order valence-corrected chi connectivity index (χ2v) is 9.41. The fourth-order valence-corrected chi connectivity index (χ4v) is 6.46. The van der Waals surface area contributed by atoms with E-state index in [-0.39, 0.29) is 5.37 Å². The van der Waals surface area contributed by atoms with E-state index >= 15 is 0 Å². The summed E-state index contributed by atoms with van der Waals surface area (Å²) in [5.74, 6) is 0.778. The molecule has 1 heterocycles. The maximum Gasteiger partial charge on any atom is 0.244 e. The molecule has 0 spiro atoms. The first-order chi connectivity index (χ1) is 12.1. The van der Waals surface area contributed by atoms with Gasteiger partial charge < -0.3 is 0 Å². The van der Waals surface area contributed by atoms with Crippen molar-refractivity contribution in [2.75, 3.05) is 12.3 Å². The predicted octanol–water partition coefficient (Wildman–Crippen LogP) is 4.93. The molecule has 6 heteroatoms. The van der Waals surface area contributed by atoms with Crippen molar-refractivity contribution in [2.24, 2.45) is 0 Å². The van der Waals surface area contributed by atoms with Crippen LogP contribution in [0.15, 0.2) is 71.6 Å². The number of rotatable bonds is 3. The van der Waals surface area contributed by atoms with E-state index in [0.717, 1.165) is 22.1 Å². The number of halogens is 1. The van der Waals surface area contributed by atoms with Gasteiger partial charge in [-0.25, -0.2) is 8.42 Å². The number of sulfonamides is 1. The topological polar surface area (TPSA) is 37.4 Å². The van der Waals surface area contributed by atoms with Crippen molar-refractivity contribution < 1.29 is 8.42 Å². The van der Waals surface area contributed by atoms with Crippen molar-refractivity contribution in [1.29, 1.82) is 0 Å². The quantitative estimate of drug-likeness (QED) is 0.637. The average Bonchev–Trinajstić information content (AvgIpc) is 3.12. The minimum Gasteiger partial charge on any atom is -0.207 e. The monoisotopic (exact) mass is 389 g/mol. The smallest absolute Gasteiger partial charge is 0.207 e. The first-order valence-electron chi connectivity index (χ1n) is 7.93. The zero-order valence-electron chi connectivity index (χ0n) is 13.3. The summed E-state index contributed by atoms with van der Waals surface area (Å²) in [6.45, 7) is 0.507. The molecule has 0 amide bonds. The van der Waals surface area contributed by atoms with Gasteiger partial charge >= 0.3 is 0 Å². The number of benzene rings is 3.